The quantitative estimate of drug-likeness (QED) is 0.313. The fraction of sp³-hybridized carbons (Fsp3) is 0.222. The van der Waals surface area contributed by atoms with E-state index in [-0.39, 0.29) is 16.6 Å². The molecule has 0 aliphatic carbocycles. The Morgan fingerprint density at radius 2 is 1.76 bits per heavy atom. The normalized spacial score (nSPS) is 11.2. The number of ether oxygens (including phenoxy) is 1. The lowest BCUT2D eigenvalue weighted by Gasteiger charge is -2.17. The van der Waals surface area contributed by atoms with Gasteiger partial charge in [0.05, 0.1) is 23.9 Å². The summed E-state index contributed by atoms with van der Waals surface area (Å²) in [6.07, 6.45) is 1.17. The number of halogens is 1. The summed E-state index contributed by atoms with van der Waals surface area (Å²) in [6, 6.07) is 15.5. The van der Waals surface area contributed by atoms with Crippen LogP contribution >= 0.6 is 11.3 Å². The largest absolute Gasteiger partial charge is 0.477 e. The average Bonchev–Trinajstić information content (AvgIpc) is 3.29. The van der Waals surface area contributed by atoms with Crippen molar-refractivity contribution >= 4 is 34.2 Å². The lowest BCUT2D eigenvalue weighted by Crippen LogP contribution is -2.12. The predicted octanol–water partition coefficient (Wildman–Crippen LogP) is 6.38. The maximum atomic E-state index is 13.3. The molecule has 0 fully saturated rings. The van der Waals surface area contributed by atoms with Gasteiger partial charge >= 0.3 is 11.9 Å². The first-order chi connectivity index (χ1) is 16.3. The van der Waals surface area contributed by atoms with Crippen molar-refractivity contribution in [3.8, 4) is 10.4 Å². The molecule has 5 nitrogen and oxygen atoms in total. The van der Waals surface area contributed by atoms with Gasteiger partial charge in [-0.2, -0.15) is 0 Å². The van der Waals surface area contributed by atoms with E-state index < -0.39 is 11.9 Å². The first-order valence-electron chi connectivity index (χ1n) is 10.9. The third-order valence-corrected chi connectivity index (χ3v) is 6.59. The molecule has 2 aromatic carbocycles. The summed E-state index contributed by atoms with van der Waals surface area (Å²) in [6.45, 7) is 4.09. The SMILES string of the molecule is COC(=O)c1c(CC(C)C)nc2cc(Cc3ccc(F)cc3)ccc2c1-c1ccc(C(=O)O)s1. The van der Waals surface area contributed by atoms with Crippen LogP contribution < -0.4 is 0 Å². The lowest BCUT2D eigenvalue weighted by molar-refractivity contribution is 0.0599. The van der Waals surface area contributed by atoms with Gasteiger partial charge in [0.15, 0.2) is 0 Å². The number of thiophene rings is 1. The smallest absolute Gasteiger partial charge is 0.345 e. The highest BCUT2D eigenvalue weighted by Gasteiger charge is 2.25. The molecule has 7 heteroatoms. The second kappa shape index (κ2) is 9.73. The van der Waals surface area contributed by atoms with E-state index in [0.29, 0.717) is 40.1 Å². The number of fused-ring (bicyclic) bond motifs is 1. The first kappa shape index (κ1) is 23.6. The number of hydrogen-bond donors (Lipinski definition) is 1. The molecule has 0 aliphatic heterocycles. The number of carbonyl (C=O) groups excluding carboxylic acids is 1. The molecule has 4 aromatic rings. The summed E-state index contributed by atoms with van der Waals surface area (Å²) >= 11 is 1.12. The van der Waals surface area contributed by atoms with E-state index in [2.05, 4.69) is 0 Å². The number of aromatic nitrogens is 1. The molecule has 0 saturated heterocycles. The van der Waals surface area contributed by atoms with Crippen LogP contribution in [0.25, 0.3) is 21.3 Å². The van der Waals surface area contributed by atoms with E-state index >= 15 is 0 Å². The van der Waals surface area contributed by atoms with E-state index in [0.717, 1.165) is 27.8 Å². The van der Waals surface area contributed by atoms with Crippen LogP contribution in [0.1, 0.15) is 50.7 Å². The maximum absolute atomic E-state index is 13.3. The zero-order valence-corrected chi connectivity index (χ0v) is 19.9. The number of nitrogens with zero attached hydrogens (tertiary/aromatic N) is 1. The highest BCUT2D eigenvalue weighted by atomic mass is 32.1. The van der Waals surface area contributed by atoms with Crippen molar-refractivity contribution < 1.29 is 23.8 Å². The van der Waals surface area contributed by atoms with Gasteiger partial charge in [0.1, 0.15) is 10.7 Å². The van der Waals surface area contributed by atoms with Gasteiger partial charge in [0, 0.05) is 15.8 Å². The Morgan fingerprint density at radius 3 is 2.38 bits per heavy atom. The summed E-state index contributed by atoms with van der Waals surface area (Å²) in [5, 5.41) is 10.2. The number of carbonyl (C=O) groups is 2. The number of aromatic carboxylic acids is 1. The van der Waals surface area contributed by atoms with Crippen LogP contribution in [0.4, 0.5) is 4.39 Å². The van der Waals surface area contributed by atoms with Crippen LogP contribution in [0.15, 0.2) is 54.6 Å². The number of esters is 1. The van der Waals surface area contributed by atoms with Crippen LogP contribution in [0.2, 0.25) is 0 Å². The number of hydrogen-bond acceptors (Lipinski definition) is 5. The van der Waals surface area contributed by atoms with Gasteiger partial charge in [0.25, 0.3) is 0 Å². The molecule has 0 saturated carbocycles. The summed E-state index contributed by atoms with van der Waals surface area (Å²) in [5.74, 6) is -1.56. The van der Waals surface area contributed by atoms with Crippen molar-refractivity contribution in [2.75, 3.05) is 7.11 Å². The molecular weight excluding hydrogens is 453 g/mol. The van der Waals surface area contributed by atoms with Gasteiger partial charge in [0.2, 0.25) is 0 Å². The first-order valence-corrected chi connectivity index (χ1v) is 11.7. The minimum absolute atomic E-state index is 0.189. The molecule has 0 radical (unpaired) electrons. The third-order valence-electron chi connectivity index (χ3n) is 5.50. The standard InChI is InChI=1S/C27H24FNO4S/c1-15(2)12-21-25(27(32)33-3)24(22-10-11-23(34-22)26(30)31)19-9-6-17(14-20(19)29-21)13-16-4-7-18(28)8-5-16/h4-11,14-15H,12-13H2,1-3H3,(H,30,31). The molecule has 0 aliphatic rings. The Morgan fingerprint density at radius 1 is 1.06 bits per heavy atom. The molecule has 0 unspecified atom stereocenters. The minimum Gasteiger partial charge on any atom is -0.477 e. The highest BCUT2D eigenvalue weighted by molar-refractivity contribution is 7.17. The Balaban J connectivity index is 1.94. The summed E-state index contributed by atoms with van der Waals surface area (Å²) < 4.78 is 18.4. The van der Waals surface area contributed by atoms with Crippen LogP contribution in [-0.4, -0.2) is 29.1 Å². The van der Waals surface area contributed by atoms with Crippen molar-refractivity contribution in [2.45, 2.75) is 26.7 Å². The zero-order chi connectivity index (χ0) is 24.4. The molecule has 34 heavy (non-hydrogen) atoms. The second-order valence-electron chi connectivity index (χ2n) is 8.52. The molecule has 0 spiro atoms. The van der Waals surface area contributed by atoms with Crippen molar-refractivity contribution in [3.63, 3.8) is 0 Å². The van der Waals surface area contributed by atoms with Crippen LogP contribution in [-0.2, 0) is 17.6 Å². The summed E-state index contributed by atoms with van der Waals surface area (Å²) in [5.41, 5.74) is 4.30. The van der Waals surface area contributed by atoms with E-state index in [4.69, 9.17) is 9.72 Å². The molecule has 1 N–H and O–H groups in total. The molecular formula is C27H24FNO4S. The fourth-order valence-corrected chi connectivity index (χ4v) is 4.92. The van der Waals surface area contributed by atoms with E-state index in [1.807, 2.05) is 32.0 Å². The summed E-state index contributed by atoms with van der Waals surface area (Å²) in [7, 11) is 1.33. The van der Waals surface area contributed by atoms with Gasteiger partial charge in [-0.25, -0.2) is 14.0 Å². The third kappa shape index (κ3) is 4.84. The molecule has 0 amide bonds. The van der Waals surface area contributed by atoms with Crippen LogP contribution in [0, 0.1) is 11.7 Å². The van der Waals surface area contributed by atoms with Crippen LogP contribution in [0.5, 0.6) is 0 Å². The number of carboxylic acids is 1. The van der Waals surface area contributed by atoms with Crippen molar-refractivity contribution in [2.24, 2.45) is 5.92 Å². The monoisotopic (exact) mass is 477 g/mol. The Hall–Kier alpha value is -3.58. The van der Waals surface area contributed by atoms with Gasteiger partial charge in [-0.3, -0.25) is 4.98 Å². The van der Waals surface area contributed by atoms with Gasteiger partial charge < -0.3 is 9.84 Å². The van der Waals surface area contributed by atoms with E-state index in [9.17, 15) is 19.1 Å². The zero-order valence-electron chi connectivity index (χ0n) is 19.1. The number of benzene rings is 2. The van der Waals surface area contributed by atoms with Crippen molar-refractivity contribution in [3.05, 3.63) is 87.7 Å². The number of carboxylic acid groups (broad SMARTS) is 1. The van der Waals surface area contributed by atoms with Crippen molar-refractivity contribution in [1.82, 2.24) is 4.98 Å². The van der Waals surface area contributed by atoms with Gasteiger partial charge in [-0.05, 0) is 60.2 Å². The molecule has 4 rings (SSSR count). The molecule has 0 atom stereocenters. The topological polar surface area (TPSA) is 76.5 Å². The molecule has 2 heterocycles. The molecule has 2 aromatic heterocycles. The predicted molar refractivity (Wildman–Crippen MR) is 131 cm³/mol. The highest BCUT2D eigenvalue weighted by Crippen LogP contribution is 2.38. The lowest BCUT2D eigenvalue weighted by atomic mass is 9.93. The number of rotatable bonds is 7. The van der Waals surface area contributed by atoms with Crippen LogP contribution in [0.3, 0.4) is 0 Å². The Bertz CT molecular complexity index is 1380. The van der Waals surface area contributed by atoms with Crippen molar-refractivity contribution in [1.29, 1.82) is 0 Å². The average molecular weight is 478 g/mol. The minimum atomic E-state index is -1.02. The fourth-order valence-electron chi connectivity index (χ4n) is 4.01. The van der Waals surface area contributed by atoms with E-state index in [1.165, 1.54) is 19.2 Å². The maximum Gasteiger partial charge on any atom is 0.345 e. The molecule has 0 bridgehead atoms. The summed E-state index contributed by atoms with van der Waals surface area (Å²) in [4.78, 5) is 30.2. The Labute approximate surface area is 200 Å². The van der Waals surface area contributed by atoms with E-state index in [1.54, 1.807) is 24.3 Å². The molecule has 174 valence electrons. The van der Waals surface area contributed by atoms with Gasteiger partial charge in [-0.1, -0.05) is 38.1 Å². The number of pyridine rings is 1. The number of methoxy groups -OCH3 is 1. The Kier molecular flexibility index (Phi) is 6.75. The van der Waals surface area contributed by atoms with Gasteiger partial charge in [-0.15, -0.1) is 11.3 Å². The second-order valence-corrected chi connectivity index (χ2v) is 9.61.